The number of nitrogens with one attached hydrogen (secondary N) is 1. The summed E-state index contributed by atoms with van der Waals surface area (Å²) in [6.45, 7) is 0.201. The van der Waals surface area contributed by atoms with Gasteiger partial charge in [-0.2, -0.15) is 0 Å². The number of hydrogen-bond acceptors (Lipinski definition) is 6. The van der Waals surface area contributed by atoms with Gasteiger partial charge in [0.1, 0.15) is 4.83 Å². The van der Waals surface area contributed by atoms with Crippen LogP contribution in [0.4, 0.5) is 0 Å². The van der Waals surface area contributed by atoms with Gasteiger partial charge in [0, 0.05) is 17.4 Å². The number of aromatic nitrogens is 2. The first kappa shape index (κ1) is 20.2. The zero-order valence-electron chi connectivity index (χ0n) is 15.1. The van der Waals surface area contributed by atoms with Crippen LogP contribution < -0.4 is 10.9 Å². The third-order valence-electron chi connectivity index (χ3n) is 4.21. The highest BCUT2D eigenvalue weighted by Gasteiger charge is 2.19. The van der Waals surface area contributed by atoms with E-state index in [2.05, 4.69) is 26.2 Å². The lowest BCUT2D eigenvalue weighted by atomic mass is 10.0. The lowest BCUT2D eigenvalue weighted by Gasteiger charge is -2.18. The monoisotopic (exact) mass is 463 g/mol. The molecule has 0 saturated carbocycles. The van der Waals surface area contributed by atoms with Crippen LogP contribution in [0.5, 0.6) is 0 Å². The van der Waals surface area contributed by atoms with Crippen molar-refractivity contribution >= 4 is 49.4 Å². The van der Waals surface area contributed by atoms with Crippen molar-refractivity contribution in [2.24, 2.45) is 0 Å². The predicted octanol–water partition coefficient (Wildman–Crippen LogP) is 3.03. The van der Waals surface area contributed by atoms with Gasteiger partial charge in [-0.3, -0.25) is 19.0 Å². The highest BCUT2D eigenvalue weighted by Crippen LogP contribution is 2.21. The third-order valence-corrected chi connectivity index (χ3v) is 5.53. The molecule has 0 bridgehead atoms. The second-order valence-corrected chi connectivity index (χ2v) is 7.90. The maximum absolute atomic E-state index is 12.5. The van der Waals surface area contributed by atoms with Crippen LogP contribution in [-0.2, 0) is 20.9 Å². The molecule has 3 rings (SSSR count). The van der Waals surface area contributed by atoms with E-state index in [0.29, 0.717) is 10.2 Å². The number of hydrogen-bond donors (Lipinski definition) is 1. The number of benzene rings is 1. The maximum Gasteiger partial charge on any atom is 0.307 e. The van der Waals surface area contributed by atoms with Gasteiger partial charge in [0.2, 0.25) is 5.91 Å². The molecule has 0 aliphatic heterocycles. The minimum Gasteiger partial charge on any atom is -0.469 e. The number of carbonyl (C=O) groups excluding carboxylic acids is 2. The van der Waals surface area contributed by atoms with Crippen molar-refractivity contribution in [3.63, 3.8) is 0 Å². The van der Waals surface area contributed by atoms with Crippen LogP contribution in [0, 0.1) is 0 Å². The fourth-order valence-corrected chi connectivity index (χ4v) is 3.91. The molecule has 2 heterocycles. The number of ether oxygens (including phenoxy) is 1. The second-order valence-electron chi connectivity index (χ2n) is 6.09. The van der Waals surface area contributed by atoms with Gasteiger partial charge in [-0.15, -0.1) is 11.3 Å². The largest absolute Gasteiger partial charge is 0.469 e. The zero-order chi connectivity index (χ0) is 20.1. The highest BCUT2D eigenvalue weighted by molar-refractivity contribution is 9.10. The molecule has 1 aromatic carbocycles. The molecule has 1 atom stereocenters. The van der Waals surface area contributed by atoms with Crippen molar-refractivity contribution in [3.05, 3.63) is 62.4 Å². The van der Waals surface area contributed by atoms with Crippen LogP contribution in [0.1, 0.15) is 24.4 Å². The minimum absolute atomic E-state index is 0.0149. The van der Waals surface area contributed by atoms with Crippen LogP contribution in [0.25, 0.3) is 10.2 Å². The molecule has 0 saturated heterocycles. The summed E-state index contributed by atoms with van der Waals surface area (Å²) in [5, 5.41) is 5.21. The topological polar surface area (TPSA) is 90.3 Å². The van der Waals surface area contributed by atoms with E-state index in [0.717, 1.165) is 10.0 Å². The number of fused-ring (bicyclic) bond motifs is 1. The summed E-state index contributed by atoms with van der Waals surface area (Å²) in [7, 11) is 1.31. The van der Waals surface area contributed by atoms with E-state index in [9.17, 15) is 14.4 Å². The van der Waals surface area contributed by atoms with Crippen molar-refractivity contribution in [2.45, 2.75) is 25.4 Å². The SMILES string of the molecule is COC(=O)CC(NC(=O)CCn1cnc2sccc2c1=O)c1cccc(Br)c1. The lowest BCUT2D eigenvalue weighted by Crippen LogP contribution is -2.32. The molecule has 3 aromatic rings. The molecule has 0 fully saturated rings. The van der Waals surface area contributed by atoms with Crippen LogP contribution >= 0.6 is 27.3 Å². The van der Waals surface area contributed by atoms with Crippen LogP contribution in [-0.4, -0.2) is 28.5 Å². The number of halogens is 1. The van der Waals surface area contributed by atoms with E-state index in [4.69, 9.17) is 4.74 Å². The van der Waals surface area contributed by atoms with Crippen molar-refractivity contribution in [1.82, 2.24) is 14.9 Å². The molecule has 1 unspecified atom stereocenters. The summed E-state index contributed by atoms with van der Waals surface area (Å²) >= 11 is 4.79. The maximum atomic E-state index is 12.5. The van der Waals surface area contributed by atoms with E-state index < -0.39 is 12.0 Å². The van der Waals surface area contributed by atoms with Gasteiger partial charge in [0.15, 0.2) is 0 Å². The Labute approximate surface area is 173 Å². The Morgan fingerprint density at radius 2 is 2.18 bits per heavy atom. The summed E-state index contributed by atoms with van der Waals surface area (Å²) < 4.78 is 7.00. The Morgan fingerprint density at radius 1 is 1.36 bits per heavy atom. The molecule has 28 heavy (non-hydrogen) atoms. The van der Waals surface area contributed by atoms with Crippen LogP contribution in [0.3, 0.4) is 0 Å². The van der Waals surface area contributed by atoms with E-state index in [1.54, 1.807) is 6.07 Å². The second kappa shape index (κ2) is 9.11. The Morgan fingerprint density at radius 3 is 2.93 bits per heavy atom. The Bertz CT molecular complexity index is 1060. The van der Waals surface area contributed by atoms with Crippen LogP contribution in [0.15, 0.2) is 51.3 Å². The summed E-state index contributed by atoms with van der Waals surface area (Å²) in [6, 6.07) is 8.57. The van der Waals surface area contributed by atoms with Gasteiger partial charge in [0.05, 0.1) is 31.3 Å². The van der Waals surface area contributed by atoms with Crippen molar-refractivity contribution < 1.29 is 14.3 Å². The van der Waals surface area contributed by atoms with Crippen molar-refractivity contribution in [1.29, 1.82) is 0 Å². The Balaban J connectivity index is 1.69. The number of carbonyl (C=O) groups is 2. The molecule has 0 radical (unpaired) electrons. The van der Waals surface area contributed by atoms with Crippen molar-refractivity contribution in [3.8, 4) is 0 Å². The van der Waals surface area contributed by atoms with E-state index >= 15 is 0 Å². The third kappa shape index (κ3) is 4.85. The summed E-state index contributed by atoms with van der Waals surface area (Å²) in [6.07, 6.45) is 1.55. The zero-order valence-corrected chi connectivity index (χ0v) is 17.5. The predicted molar refractivity (Wildman–Crippen MR) is 110 cm³/mol. The van der Waals surface area contributed by atoms with E-state index in [-0.39, 0.29) is 30.9 Å². The average molecular weight is 464 g/mol. The molecule has 0 aliphatic carbocycles. The summed E-state index contributed by atoms with van der Waals surface area (Å²) in [4.78, 5) is 41.5. The fourth-order valence-electron chi connectivity index (χ4n) is 2.77. The fraction of sp³-hybridized carbons (Fsp3) is 0.263. The molecule has 7 nitrogen and oxygen atoms in total. The van der Waals surface area contributed by atoms with E-state index in [1.807, 2.05) is 29.6 Å². The van der Waals surface area contributed by atoms with Crippen molar-refractivity contribution in [2.75, 3.05) is 7.11 Å². The molecule has 0 aliphatic rings. The standard InChI is InChI=1S/C19H18BrN3O4S/c1-27-17(25)10-15(12-3-2-4-13(20)9-12)22-16(24)5-7-23-11-21-18-14(19(23)26)6-8-28-18/h2-4,6,8-9,11,15H,5,7,10H2,1H3,(H,22,24). The molecular weight excluding hydrogens is 446 g/mol. The van der Waals surface area contributed by atoms with Gasteiger partial charge in [-0.05, 0) is 29.1 Å². The number of rotatable bonds is 7. The molecule has 1 amide bonds. The summed E-state index contributed by atoms with van der Waals surface area (Å²) in [5.74, 6) is -0.695. The molecule has 0 spiro atoms. The smallest absolute Gasteiger partial charge is 0.307 e. The van der Waals surface area contributed by atoms with Gasteiger partial charge in [-0.25, -0.2) is 4.98 Å². The Hall–Kier alpha value is -2.52. The molecular formula is C19H18BrN3O4S. The number of esters is 1. The molecule has 2 aromatic heterocycles. The van der Waals surface area contributed by atoms with Crippen LogP contribution in [0.2, 0.25) is 0 Å². The molecule has 1 N–H and O–H groups in total. The van der Waals surface area contributed by atoms with Gasteiger partial charge in [-0.1, -0.05) is 28.1 Å². The first-order valence-electron chi connectivity index (χ1n) is 8.52. The molecule has 9 heteroatoms. The average Bonchev–Trinajstić information content (AvgIpc) is 3.16. The first-order valence-corrected chi connectivity index (χ1v) is 10.2. The number of nitrogens with zero attached hydrogens (tertiary/aromatic N) is 2. The number of aryl methyl sites for hydroxylation is 1. The quantitative estimate of drug-likeness (QED) is 0.543. The highest BCUT2D eigenvalue weighted by atomic mass is 79.9. The normalized spacial score (nSPS) is 11.9. The van der Waals surface area contributed by atoms with E-state index in [1.165, 1.54) is 29.3 Å². The summed E-state index contributed by atoms with van der Waals surface area (Å²) in [5.41, 5.74) is 0.615. The number of amides is 1. The number of thiophene rings is 1. The minimum atomic E-state index is -0.522. The van der Waals surface area contributed by atoms with Gasteiger partial charge in [0.25, 0.3) is 5.56 Å². The van der Waals surface area contributed by atoms with Gasteiger partial charge < -0.3 is 10.1 Å². The lowest BCUT2D eigenvalue weighted by molar-refractivity contribution is -0.141. The van der Waals surface area contributed by atoms with Gasteiger partial charge >= 0.3 is 5.97 Å². The first-order chi connectivity index (χ1) is 13.5. The molecule has 146 valence electrons. The number of methoxy groups -OCH3 is 1. The Kier molecular flexibility index (Phi) is 6.58.